The van der Waals surface area contributed by atoms with Gasteiger partial charge in [-0.15, -0.1) is 0 Å². The number of benzene rings is 5. The molecule has 0 aliphatic carbocycles. The predicted octanol–water partition coefficient (Wildman–Crippen LogP) is 15.0. The fourth-order valence-corrected chi connectivity index (χ4v) is 23.5. The van der Waals surface area contributed by atoms with Crippen LogP contribution in [0.15, 0.2) is 134 Å². The summed E-state index contributed by atoms with van der Waals surface area (Å²) in [4.78, 5) is 22.6. The largest absolute Gasteiger partial charge is 0.537 e. The number of carbonyl (C=O) groups excluding carboxylic acids is 2. The van der Waals surface area contributed by atoms with Gasteiger partial charge in [0.2, 0.25) is 0 Å². The Morgan fingerprint density at radius 2 is 0.716 bits per heavy atom. The van der Waals surface area contributed by atoms with E-state index in [1.807, 2.05) is 201 Å². The summed E-state index contributed by atoms with van der Waals surface area (Å²) >= 11 is 0. The van der Waals surface area contributed by atoms with Crippen LogP contribution < -0.4 is 34.1 Å². The minimum atomic E-state index is -2.83. The Morgan fingerprint density at radius 1 is 0.413 bits per heavy atom. The summed E-state index contributed by atoms with van der Waals surface area (Å²) in [7, 11) is -12.1. The van der Waals surface area contributed by atoms with Crippen LogP contribution in [0.25, 0.3) is 0 Å². The second kappa shape index (κ2) is 56.6. The molecule has 6 rings (SSSR count). The van der Waals surface area contributed by atoms with Crippen LogP contribution in [-0.2, 0) is 104 Å². The zero-order chi connectivity index (χ0) is 80.9. The molecule has 30 heteroatoms. The molecule has 5 aromatic carbocycles. The Bertz CT molecular complexity index is 3040. The van der Waals surface area contributed by atoms with Crippen LogP contribution in [-0.4, -0.2) is 188 Å². The molecule has 1 aliphatic rings. The van der Waals surface area contributed by atoms with Gasteiger partial charge in [0.1, 0.15) is 34.3 Å². The van der Waals surface area contributed by atoms with Gasteiger partial charge in [-0.05, 0) is 215 Å². The number of ether oxygens (including phenoxy) is 8. The van der Waals surface area contributed by atoms with E-state index in [-0.39, 0.29) is 19.1 Å². The lowest BCUT2D eigenvalue weighted by Gasteiger charge is -2.29. The van der Waals surface area contributed by atoms with Crippen molar-refractivity contribution in [3.63, 3.8) is 0 Å². The molecule has 109 heavy (non-hydrogen) atoms. The highest BCUT2D eigenvalue weighted by molar-refractivity contribution is 6.76. The first-order chi connectivity index (χ1) is 52.4. The van der Waals surface area contributed by atoms with Crippen LogP contribution in [0.3, 0.4) is 0 Å². The predicted molar refractivity (Wildman–Crippen MR) is 431 cm³/mol. The smallest absolute Gasteiger partial charge is 0.468 e. The van der Waals surface area contributed by atoms with Crippen molar-refractivity contribution >= 4 is 66.5 Å². The first-order valence-electron chi connectivity index (χ1n) is 38.3. The van der Waals surface area contributed by atoms with Crippen molar-refractivity contribution in [2.75, 3.05) is 120 Å². The zero-order valence-corrected chi connectivity index (χ0v) is 73.9. The second-order valence-corrected chi connectivity index (χ2v) is 36.9. The average Bonchev–Trinajstić information content (AvgIpc) is 0.817. The van der Waals surface area contributed by atoms with E-state index >= 15 is 0 Å². The summed E-state index contributed by atoms with van der Waals surface area (Å²) in [5, 5.41) is 1.90. The lowest BCUT2D eigenvalue weighted by Crippen LogP contribution is -2.56. The topological polar surface area (TPSA) is 246 Å². The molecule has 1 atom stereocenters. The minimum absolute atomic E-state index is 0.137. The number of rotatable bonds is 47. The normalized spacial score (nSPS) is 13.2. The van der Waals surface area contributed by atoms with Gasteiger partial charge in [-0.2, -0.15) is 0 Å². The third-order valence-electron chi connectivity index (χ3n) is 14.6. The van der Waals surface area contributed by atoms with Crippen LogP contribution >= 0.6 is 0 Å². The van der Waals surface area contributed by atoms with Gasteiger partial charge >= 0.3 is 56.1 Å². The van der Waals surface area contributed by atoms with Crippen LogP contribution in [0.2, 0.25) is 0 Å². The number of carbonyl (C=O) groups is 2. The lowest BCUT2D eigenvalue weighted by molar-refractivity contribution is -0.131. The van der Waals surface area contributed by atoms with Crippen molar-refractivity contribution in [1.29, 1.82) is 0 Å². The lowest BCUT2D eigenvalue weighted by atomic mass is 10.2. The summed E-state index contributed by atoms with van der Waals surface area (Å²) in [5.74, 6) is 2.93. The van der Waals surface area contributed by atoms with Gasteiger partial charge < -0.3 is 104 Å². The number of methoxy groups -OCH3 is 1. The first kappa shape index (κ1) is 99.5. The quantitative estimate of drug-likeness (QED) is 0.00877. The molecule has 0 amide bonds. The molecule has 5 aromatic rings. The molecule has 0 spiro atoms. The molecule has 0 radical (unpaired) electrons. The van der Waals surface area contributed by atoms with Crippen molar-refractivity contribution in [3.8, 4) is 28.7 Å². The Labute approximate surface area is 657 Å². The Balaban J connectivity index is 0.000000464. The van der Waals surface area contributed by atoms with Crippen molar-refractivity contribution in [2.24, 2.45) is 0 Å². The third-order valence-corrected chi connectivity index (χ3v) is 29.7. The molecular formula is C79H130O25Si5. The van der Waals surface area contributed by atoms with E-state index in [0.717, 1.165) is 70.2 Å². The number of hydrogen-bond acceptors (Lipinski definition) is 25. The molecule has 0 saturated carbocycles. The maximum atomic E-state index is 11.7. The summed E-state index contributed by atoms with van der Waals surface area (Å²) in [6.07, 6.45) is 3.76. The maximum absolute atomic E-state index is 11.7. The van der Waals surface area contributed by atoms with Crippen molar-refractivity contribution in [2.45, 2.75) is 181 Å². The fourth-order valence-electron chi connectivity index (χ4n) is 10.7. The van der Waals surface area contributed by atoms with Gasteiger partial charge in [0.25, 0.3) is 0 Å². The Morgan fingerprint density at radius 3 is 0.991 bits per heavy atom. The van der Waals surface area contributed by atoms with Crippen molar-refractivity contribution < 1.29 is 114 Å². The standard InChI is InChI=1S/C18H30O6Si.C17H28O5Si.C15H24O5Si.C15H24O4Si.C14H24O5Si/c1-7-20-25(21-8-2,22-9-3)14-15-10-12-16(13-11-15)23-17(19)24-18(4,5)6;1-4-19-23(20-5-2,21-6-3)16-12-10-15(11-13-16)22-17-9-7-8-14-18-17;1-5-17-21(18-6-2,19-7-3)12-14-8-10-15(11-9-14)20-13(4)16;1-5-16-15-11-9-14(10-12-15)13-20(17-6-2,18-7-3)19-8-4;1-5-17-20(18-6-2,19-7-3)14-10-8-13(9-11-14)16-12-15-4/h10-13H,7-9,14H2,1-6H3;10-13,17H,4-9,14H2,1-3H3;8-11H,5-7,12H2,1-4H3;5,9-12H,1,6-8,13H2,2-4H3;8-11H,5-7,12H2,1-4H3. The highest BCUT2D eigenvalue weighted by atomic mass is 28.4. The molecule has 1 fully saturated rings. The van der Waals surface area contributed by atoms with Gasteiger partial charge in [0.15, 0.2) is 13.1 Å². The molecule has 616 valence electrons. The van der Waals surface area contributed by atoms with E-state index in [2.05, 4.69) is 6.58 Å². The van der Waals surface area contributed by atoms with Gasteiger partial charge in [0, 0.05) is 148 Å². The van der Waals surface area contributed by atoms with Crippen LogP contribution in [0.5, 0.6) is 28.7 Å². The molecular weight excluding hydrogens is 1490 g/mol. The highest BCUT2D eigenvalue weighted by Crippen LogP contribution is 2.26. The summed E-state index contributed by atoms with van der Waals surface area (Å²) in [5.41, 5.74) is 2.56. The summed E-state index contributed by atoms with van der Waals surface area (Å²) in [6, 6.07) is 39.6. The zero-order valence-electron chi connectivity index (χ0n) is 68.9. The molecule has 0 N–H and O–H groups in total. The monoisotopic (exact) mass is 1620 g/mol. The average molecular weight is 1620 g/mol. The van der Waals surface area contributed by atoms with Gasteiger partial charge in [-0.1, -0.05) is 67.2 Å². The molecule has 1 aliphatic heterocycles. The van der Waals surface area contributed by atoms with Crippen LogP contribution in [0.1, 0.15) is 168 Å². The summed E-state index contributed by atoms with van der Waals surface area (Å²) < 4.78 is 130. The summed E-state index contributed by atoms with van der Waals surface area (Å²) in [6.45, 7) is 48.8. The van der Waals surface area contributed by atoms with Crippen molar-refractivity contribution in [3.05, 3.63) is 151 Å². The molecule has 25 nitrogen and oxygen atoms in total. The maximum Gasteiger partial charge on any atom is 0.537 e. The van der Waals surface area contributed by atoms with E-state index in [1.54, 1.807) is 52.1 Å². The van der Waals surface area contributed by atoms with E-state index in [4.69, 9.17) is 104 Å². The Kier molecular flexibility index (Phi) is 51.6. The molecule has 1 heterocycles. The van der Waals surface area contributed by atoms with Crippen LogP contribution in [0, 0.1) is 0 Å². The van der Waals surface area contributed by atoms with E-state index < -0.39 is 55.8 Å². The van der Waals surface area contributed by atoms with E-state index in [9.17, 15) is 9.59 Å². The van der Waals surface area contributed by atoms with E-state index in [1.165, 1.54) is 13.2 Å². The SMILES string of the molecule is C=COc1ccc(C[Si](OCC)(OCC)OCC)cc1.CCO[Si](Cc1ccc(OC(=O)OC(C)(C)C)cc1)(OCC)OCC.CCO[Si](Cc1ccc(OC(C)=O)cc1)(OCC)OCC.CCO[Si](OCC)(OCC)c1ccc(OC2CCCCO2)cc1.CCO[Si](OCC)(OCC)c1ccc(OCOC)cc1. The molecule has 0 aromatic heterocycles. The van der Waals surface area contributed by atoms with Gasteiger partial charge in [-0.25, -0.2) is 4.79 Å². The molecule has 0 bridgehead atoms. The number of esters is 1. The van der Waals surface area contributed by atoms with Crippen LogP contribution in [0.4, 0.5) is 4.79 Å². The highest BCUT2D eigenvalue weighted by Gasteiger charge is 2.46. The fraction of sp³-hybridized carbons (Fsp3) is 0.570. The van der Waals surface area contributed by atoms with Crippen molar-refractivity contribution in [1.82, 2.24) is 0 Å². The number of hydrogen-bond donors (Lipinski definition) is 0. The van der Waals surface area contributed by atoms with Gasteiger partial charge in [0.05, 0.1) is 12.9 Å². The third kappa shape index (κ3) is 38.6. The minimum Gasteiger partial charge on any atom is -0.468 e. The van der Waals surface area contributed by atoms with Gasteiger partial charge in [-0.3, -0.25) is 4.79 Å². The first-order valence-corrected chi connectivity index (χ1v) is 47.5. The van der Waals surface area contributed by atoms with E-state index in [0.29, 0.717) is 129 Å². The Hall–Kier alpha value is -5.62. The molecule has 1 unspecified atom stereocenters. The second-order valence-electron chi connectivity index (χ2n) is 24.1. The molecule has 1 saturated heterocycles.